The zero-order valence-electron chi connectivity index (χ0n) is 11.8. The van der Waals surface area contributed by atoms with Crippen molar-refractivity contribution in [1.82, 2.24) is 10.3 Å². The highest BCUT2D eigenvalue weighted by atomic mass is 16.4. The lowest BCUT2D eigenvalue weighted by Gasteiger charge is -2.21. The number of aliphatic carboxylic acids is 1. The molecule has 110 valence electrons. The van der Waals surface area contributed by atoms with Gasteiger partial charge in [0.25, 0.3) is 5.91 Å². The van der Waals surface area contributed by atoms with Crippen molar-refractivity contribution in [3.63, 3.8) is 0 Å². The van der Waals surface area contributed by atoms with E-state index < -0.39 is 23.9 Å². The third-order valence-corrected chi connectivity index (χ3v) is 2.63. The number of nitrogens with zero attached hydrogens (tertiary/aromatic N) is 2. The Morgan fingerprint density at radius 2 is 2.05 bits per heavy atom. The number of nitrogens with one attached hydrogen (secondary N) is 1. The summed E-state index contributed by atoms with van der Waals surface area (Å²) >= 11 is 0. The summed E-state index contributed by atoms with van der Waals surface area (Å²) in [7, 11) is 3.68. The Bertz CT molecular complexity index is 483. The highest BCUT2D eigenvalue weighted by molar-refractivity contribution is 5.94. The topological polar surface area (TPSA) is 103 Å². The molecule has 1 heterocycles. The number of hydrogen-bond acceptors (Lipinski definition) is 5. The molecule has 0 bridgehead atoms. The van der Waals surface area contributed by atoms with Crippen molar-refractivity contribution in [2.75, 3.05) is 25.5 Å². The van der Waals surface area contributed by atoms with E-state index in [2.05, 4.69) is 10.3 Å². The number of hydrogen-bond donors (Lipinski definition) is 3. The molecule has 0 fully saturated rings. The number of carbonyl (C=O) groups is 2. The maximum absolute atomic E-state index is 11.8. The molecule has 7 nitrogen and oxygen atoms in total. The summed E-state index contributed by atoms with van der Waals surface area (Å²) < 4.78 is 0. The average molecular weight is 281 g/mol. The molecule has 1 atom stereocenters. The van der Waals surface area contributed by atoms with E-state index in [1.807, 2.05) is 14.1 Å². The number of carboxylic acids is 1. The SMILES string of the molecule is CN(C)c1ccc(C(=O)NCC(C)(O)CC(=O)O)cn1. The molecule has 1 aromatic heterocycles. The van der Waals surface area contributed by atoms with Gasteiger partial charge in [0.1, 0.15) is 5.82 Å². The second kappa shape index (κ2) is 6.33. The van der Waals surface area contributed by atoms with Crippen LogP contribution in [0.3, 0.4) is 0 Å². The second-order valence-corrected chi connectivity index (χ2v) is 5.05. The van der Waals surface area contributed by atoms with Gasteiger partial charge >= 0.3 is 5.97 Å². The average Bonchev–Trinajstić information content (AvgIpc) is 2.34. The molecule has 1 rings (SSSR count). The van der Waals surface area contributed by atoms with Crippen LogP contribution in [-0.4, -0.2) is 53.3 Å². The standard InChI is InChI=1S/C13H19N3O4/c1-13(20,6-11(17)18)8-15-12(19)9-4-5-10(14-7-9)16(2)3/h4-5,7,20H,6,8H2,1-3H3,(H,15,19)(H,17,18). The number of rotatable bonds is 6. The van der Waals surface area contributed by atoms with E-state index in [-0.39, 0.29) is 6.54 Å². The van der Waals surface area contributed by atoms with Crippen LogP contribution in [0.15, 0.2) is 18.3 Å². The number of aromatic nitrogens is 1. The lowest BCUT2D eigenvalue weighted by Crippen LogP contribution is -2.42. The maximum Gasteiger partial charge on any atom is 0.306 e. The Kier molecular flexibility index (Phi) is 5.04. The van der Waals surface area contributed by atoms with E-state index in [9.17, 15) is 14.7 Å². The molecular formula is C13H19N3O4. The van der Waals surface area contributed by atoms with Gasteiger partial charge in [0.05, 0.1) is 17.6 Å². The van der Waals surface area contributed by atoms with Gasteiger partial charge in [-0.1, -0.05) is 0 Å². The third kappa shape index (κ3) is 4.85. The first-order chi connectivity index (χ1) is 9.21. The summed E-state index contributed by atoms with van der Waals surface area (Å²) in [6.45, 7) is 1.21. The second-order valence-electron chi connectivity index (χ2n) is 5.05. The molecule has 0 aliphatic carbocycles. The zero-order chi connectivity index (χ0) is 15.3. The molecule has 0 saturated heterocycles. The number of carbonyl (C=O) groups excluding carboxylic acids is 1. The van der Waals surface area contributed by atoms with Crippen molar-refractivity contribution in [2.24, 2.45) is 0 Å². The van der Waals surface area contributed by atoms with Crippen molar-refractivity contribution < 1.29 is 19.8 Å². The lowest BCUT2D eigenvalue weighted by molar-refractivity contribution is -0.141. The van der Waals surface area contributed by atoms with Crippen molar-refractivity contribution in [2.45, 2.75) is 18.9 Å². The first-order valence-corrected chi connectivity index (χ1v) is 6.07. The van der Waals surface area contributed by atoms with Crippen molar-refractivity contribution >= 4 is 17.7 Å². The number of carboxylic acid groups (broad SMARTS) is 1. The Balaban J connectivity index is 2.61. The molecule has 20 heavy (non-hydrogen) atoms. The fourth-order valence-corrected chi connectivity index (χ4v) is 1.55. The van der Waals surface area contributed by atoms with Crippen molar-refractivity contribution in [1.29, 1.82) is 0 Å². The van der Waals surface area contributed by atoms with E-state index in [4.69, 9.17) is 5.11 Å². The van der Waals surface area contributed by atoms with Crippen LogP contribution >= 0.6 is 0 Å². The smallest absolute Gasteiger partial charge is 0.306 e. The van der Waals surface area contributed by atoms with Gasteiger partial charge in [0, 0.05) is 26.8 Å². The molecule has 3 N–H and O–H groups in total. The van der Waals surface area contributed by atoms with E-state index in [1.54, 1.807) is 17.0 Å². The van der Waals surface area contributed by atoms with Crippen LogP contribution in [0, 0.1) is 0 Å². The van der Waals surface area contributed by atoms with Gasteiger partial charge in [0.2, 0.25) is 0 Å². The van der Waals surface area contributed by atoms with E-state index >= 15 is 0 Å². The molecular weight excluding hydrogens is 262 g/mol. The van der Waals surface area contributed by atoms with Gasteiger partial charge < -0.3 is 20.4 Å². The minimum atomic E-state index is -1.49. The maximum atomic E-state index is 11.8. The molecule has 0 aromatic carbocycles. The van der Waals surface area contributed by atoms with Gasteiger partial charge in [-0.15, -0.1) is 0 Å². The zero-order valence-corrected chi connectivity index (χ0v) is 11.8. The number of amides is 1. The molecule has 0 radical (unpaired) electrons. The summed E-state index contributed by atoms with van der Waals surface area (Å²) in [5, 5.41) is 20.9. The Labute approximate surface area is 117 Å². The molecule has 0 aliphatic rings. The molecule has 0 spiro atoms. The first kappa shape index (κ1) is 15.9. The molecule has 1 amide bonds. The lowest BCUT2D eigenvalue weighted by atomic mass is 10.0. The fraction of sp³-hybridized carbons (Fsp3) is 0.462. The van der Waals surface area contributed by atoms with E-state index in [0.717, 1.165) is 5.82 Å². The first-order valence-electron chi connectivity index (χ1n) is 6.07. The fourth-order valence-electron chi connectivity index (χ4n) is 1.55. The van der Waals surface area contributed by atoms with Crippen LogP contribution in [0.4, 0.5) is 5.82 Å². The van der Waals surface area contributed by atoms with Crippen LogP contribution < -0.4 is 10.2 Å². The quantitative estimate of drug-likeness (QED) is 0.683. The van der Waals surface area contributed by atoms with Crippen molar-refractivity contribution in [3.8, 4) is 0 Å². The number of pyridine rings is 1. The van der Waals surface area contributed by atoms with Crippen LogP contribution in [-0.2, 0) is 4.79 Å². The number of anilines is 1. The monoisotopic (exact) mass is 281 g/mol. The highest BCUT2D eigenvalue weighted by Gasteiger charge is 2.25. The normalized spacial score (nSPS) is 13.4. The van der Waals surface area contributed by atoms with Gasteiger partial charge in [-0.2, -0.15) is 0 Å². The van der Waals surface area contributed by atoms with Crippen LogP contribution in [0.5, 0.6) is 0 Å². The number of aliphatic hydroxyl groups is 1. The summed E-state index contributed by atoms with van der Waals surface area (Å²) in [6, 6.07) is 3.31. The Morgan fingerprint density at radius 3 is 2.50 bits per heavy atom. The Hall–Kier alpha value is -2.15. The summed E-state index contributed by atoms with van der Waals surface area (Å²) in [6.07, 6.45) is 0.988. The van der Waals surface area contributed by atoms with Crippen LogP contribution in [0.25, 0.3) is 0 Å². The minimum absolute atomic E-state index is 0.145. The van der Waals surface area contributed by atoms with Crippen molar-refractivity contribution in [3.05, 3.63) is 23.9 Å². The molecule has 0 saturated carbocycles. The van der Waals surface area contributed by atoms with Crippen LogP contribution in [0.1, 0.15) is 23.7 Å². The Morgan fingerprint density at radius 1 is 1.40 bits per heavy atom. The van der Waals surface area contributed by atoms with Crippen LogP contribution in [0.2, 0.25) is 0 Å². The van der Waals surface area contributed by atoms with Gasteiger partial charge in [-0.25, -0.2) is 4.98 Å². The third-order valence-electron chi connectivity index (χ3n) is 2.63. The molecule has 1 unspecified atom stereocenters. The van der Waals surface area contributed by atoms with Gasteiger partial charge in [-0.05, 0) is 19.1 Å². The van der Waals surface area contributed by atoms with Gasteiger partial charge in [-0.3, -0.25) is 9.59 Å². The molecule has 1 aromatic rings. The predicted molar refractivity (Wildman–Crippen MR) is 73.8 cm³/mol. The minimum Gasteiger partial charge on any atom is -0.481 e. The summed E-state index contributed by atoms with van der Waals surface area (Å²) in [4.78, 5) is 28.3. The van der Waals surface area contributed by atoms with Gasteiger partial charge in [0.15, 0.2) is 0 Å². The molecule has 7 heteroatoms. The molecule has 0 aliphatic heterocycles. The summed E-state index contributed by atoms with van der Waals surface area (Å²) in [5.74, 6) is -0.811. The van der Waals surface area contributed by atoms with E-state index in [0.29, 0.717) is 5.56 Å². The largest absolute Gasteiger partial charge is 0.481 e. The van der Waals surface area contributed by atoms with E-state index in [1.165, 1.54) is 13.1 Å². The predicted octanol–water partition coefficient (Wildman–Crippen LogP) is 0.103. The summed E-state index contributed by atoms with van der Waals surface area (Å²) in [5.41, 5.74) is -1.14. The highest BCUT2D eigenvalue weighted by Crippen LogP contribution is 2.10.